The van der Waals surface area contributed by atoms with Gasteiger partial charge in [0.2, 0.25) is 0 Å². The van der Waals surface area contributed by atoms with Gasteiger partial charge in [-0.2, -0.15) is 0 Å². The van der Waals surface area contributed by atoms with Crippen LogP contribution in [0.25, 0.3) is 0 Å². The van der Waals surface area contributed by atoms with Crippen molar-refractivity contribution >= 4 is 27.6 Å². The van der Waals surface area contributed by atoms with Crippen LogP contribution in [0, 0.1) is 5.41 Å². The predicted octanol–water partition coefficient (Wildman–Crippen LogP) is 4.22. The number of hydrogen-bond donors (Lipinski definition) is 1. The molecule has 1 saturated heterocycles. The Morgan fingerprint density at radius 1 is 1.19 bits per heavy atom. The molecule has 0 amide bonds. The Morgan fingerprint density at radius 3 is 2.57 bits per heavy atom. The molecular weight excluding hydrogens is 328 g/mol. The standard InChI is InChI=1S/C16H25BrN4/c1-2-9-18-14-13(17)15(20-12-19-14)21-10-7-16(8-11-21)5-3-4-6-16/h12H,2-11H2,1H3,(H,18,19,20). The first-order chi connectivity index (χ1) is 10.2. The normalized spacial score (nSPS) is 21.0. The minimum atomic E-state index is 0.652. The minimum absolute atomic E-state index is 0.652. The largest absolute Gasteiger partial charge is 0.369 e. The van der Waals surface area contributed by atoms with E-state index in [0.717, 1.165) is 42.2 Å². The number of hydrogen-bond acceptors (Lipinski definition) is 4. The molecule has 2 heterocycles. The maximum Gasteiger partial charge on any atom is 0.148 e. The number of anilines is 2. The summed E-state index contributed by atoms with van der Waals surface area (Å²) in [4.78, 5) is 11.3. The van der Waals surface area contributed by atoms with Crippen molar-refractivity contribution in [2.45, 2.75) is 51.9 Å². The predicted molar refractivity (Wildman–Crippen MR) is 90.9 cm³/mol. The SMILES string of the molecule is CCCNc1ncnc(N2CCC3(CCCC3)CC2)c1Br. The van der Waals surface area contributed by atoms with Gasteiger partial charge in [-0.3, -0.25) is 0 Å². The monoisotopic (exact) mass is 352 g/mol. The van der Waals surface area contributed by atoms with Gasteiger partial charge in [-0.25, -0.2) is 9.97 Å². The molecule has 1 saturated carbocycles. The van der Waals surface area contributed by atoms with Crippen LogP contribution >= 0.6 is 15.9 Å². The fourth-order valence-corrected chi connectivity index (χ4v) is 4.36. The Labute approximate surface area is 135 Å². The summed E-state index contributed by atoms with van der Waals surface area (Å²) in [5.41, 5.74) is 0.652. The first-order valence-corrected chi connectivity index (χ1v) is 9.03. The molecule has 1 aliphatic heterocycles. The van der Waals surface area contributed by atoms with Crippen LogP contribution in [0.3, 0.4) is 0 Å². The Bertz CT molecular complexity index is 475. The highest BCUT2D eigenvalue weighted by atomic mass is 79.9. The first kappa shape index (κ1) is 15.1. The highest BCUT2D eigenvalue weighted by Crippen LogP contribution is 2.47. The quantitative estimate of drug-likeness (QED) is 0.880. The lowest BCUT2D eigenvalue weighted by Crippen LogP contribution is -2.39. The molecule has 0 aromatic carbocycles. The molecule has 116 valence electrons. The maximum absolute atomic E-state index is 4.51. The average Bonchev–Trinajstić information content (AvgIpc) is 2.96. The van der Waals surface area contributed by atoms with Gasteiger partial charge in [0.25, 0.3) is 0 Å². The second kappa shape index (κ2) is 6.51. The summed E-state index contributed by atoms with van der Waals surface area (Å²) >= 11 is 3.69. The fourth-order valence-electron chi connectivity index (χ4n) is 3.77. The second-order valence-electron chi connectivity index (χ2n) is 6.48. The van der Waals surface area contributed by atoms with Crippen molar-refractivity contribution in [3.63, 3.8) is 0 Å². The molecule has 0 unspecified atom stereocenters. The number of nitrogens with zero attached hydrogens (tertiary/aromatic N) is 3. The van der Waals surface area contributed by atoms with Crippen molar-refractivity contribution in [3.05, 3.63) is 10.8 Å². The topological polar surface area (TPSA) is 41.1 Å². The molecule has 0 bridgehead atoms. The van der Waals surface area contributed by atoms with Crippen molar-refractivity contribution in [1.29, 1.82) is 0 Å². The van der Waals surface area contributed by atoms with E-state index in [1.807, 2.05) is 0 Å². The number of rotatable bonds is 4. The van der Waals surface area contributed by atoms with E-state index >= 15 is 0 Å². The number of nitrogens with one attached hydrogen (secondary N) is 1. The van der Waals surface area contributed by atoms with E-state index in [-0.39, 0.29) is 0 Å². The van der Waals surface area contributed by atoms with E-state index < -0.39 is 0 Å². The van der Waals surface area contributed by atoms with Gasteiger partial charge in [0.1, 0.15) is 22.4 Å². The Hall–Kier alpha value is -0.840. The molecule has 3 rings (SSSR count). The van der Waals surface area contributed by atoms with Crippen molar-refractivity contribution in [2.24, 2.45) is 5.41 Å². The lowest BCUT2D eigenvalue weighted by molar-refractivity contribution is 0.226. The molecule has 4 nitrogen and oxygen atoms in total. The van der Waals surface area contributed by atoms with Crippen molar-refractivity contribution in [1.82, 2.24) is 9.97 Å². The van der Waals surface area contributed by atoms with Crippen molar-refractivity contribution < 1.29 is 0 Å². The molecular formula is C16H25BrN4. The summed E-state index contributed by atoms with van der Waals surface area (Å²) in [7, 11) is 0. The lowest BCUT2D eigenvalue weighted by Gasteiger charge is -2.40. The van der Waals surface area contributed by atoms with Gasteiger partial charge in [0, 0.05) is 19.6 Å². The smallest absolute Gasteiger partial charge is 0.148 e. The van der Waals surface area contributed by atoms with Gasteiger partial charge < -0.3 is 10.2 Å². The highest BCUT2D eigenvalue weighted by Gasteiger charge is 2.37. The molecule has 1 N–H and O–H groups in total. The van der Waals surface area contributed by atoms with Gasteiger partial charge in [0.15, 0.2) is 0 Å². The molecule has 2 aliphatic rings. The number of aromatic nitrogens is 2. The van der Waals surface area contributed by atoms with Crippen LogP contribution in [0.1, 0.15) is 51.9 Å². The van der Waals surface area contributed by atoms with Gasteiger partial charge >= 0.3 is 0 Å². The van der Waals surface area contributed by atoms with Crippen LogP contribution < -0.4 is 10.2 Å². The Morgan fingerprint density at radius 2 is 1.90 bits per heavy atom. The molecule has 1 aromatic rings. The maximum atomic E-state index is 4.51. The summed E-state index contributed by atoms with van der Waals surface area (Å²) in [6.45, 7) is 5.36. The van der Waals surface area contributed by atoms with E-state index in [1.165, 1.54) is 38.5 Å². The molecule has 2 fully saturated rings. The fraction of sp³-hybridized carbons (Fsp3) is 0.750. The average molecular weight is 353 g/mol. The van der Waals surface area contributed by atoms with E-state index in [2.05, 4.69) is 43.0 Å². The lowest BCUT2D eigenvalue weighted by atomic mass is 9.77. The van der Waals surface area contributed by atoms with Crippen LogP contribution in [-0.2, 0) is 0 Å². The summed E-state index contributed by atoms with van der Waals surface area (Å²) < 4.78 is 1.01. The minimum Gasteiger partial charge on any atom is -0.369 e. The van der Waals surface area contributed by atoms with Gasteiger partial charge in [0.05, 0.1) is 0 Å². The summed E-state index contributed by atoms with van der Waals surface area (Å²) in [6, 6.07) is 0. The molecule has 5 heteroatoms. The zero-order valence-corrected chi connectivity index (χ0v) is 14.5. The van der Waals surface area contributed by atoms with Crippen LogP contribution in [0.2, 0.25) is 0 Å². The Kier molecular flexibility index (Phi) is 4.67. The van der Waals surface area contributed by atoms with Gasteiger partial charge in [-0.1, -0.05) is 19.8 Å². The first-order valence-electron chi connectivity index (χ1n) is 8.23. The number of halogens is 1. The third kappa shape index (κ3) is 3.17. The summed E-state index contributed by atoms with van der Waals surface area (Å²) in [5, 5.41) is 3.37. The Balaban J connectivity index is 1.70. The second-order valence-corrected chi connectivity index (χ2v) is 7.27. The van der Waals surface area contributed by atoms with Gasteiger partial charge in [-0.15, -0.1) is 0 Å². The molecule has 0 radical (unpaired) electrons. The van der Waals surface area contributed by atoms with Crippen LogP contribution in [0.15, 0.2) is 10.8 Å². The van der Waals surface area contributed by atoms with E-state index in [9.17, 15) is 0 Å². The van der Waals surface area contributed by atoms with E-state index in [4.69, 9.17) is 0 Å². The molecule has 0 atom stereocenters. The summed E-state index contributed by atoms with van der Waals surface area (Å²) in [5.74, 6) is 1.97. The van der Waals surface area contributed by atoms with Crippen LogP contribution in [0.5, 0.6) is 0 Å². The molecule has 1 spiro atoms. The summed E-state index contributed by atoms with van der Waals surface area (Å²) in [6.07, 6.45) is 11.2. The van der Waals surface area contributed by atoms with E-state index in [0.29, 0.717) is 5.41 Å². The van der Waals surface area contributed by atoms with Crippen molar-refractivity contribution in [2.75, 3.05) is 29.9 Å². The third-order valence-corrected chi connectivity index (χ3v) is 5.83. The third-order valence-electron chi connectivity index (χ3n) is 5.10. The molecule has 1 aromatic heterocycles. The highest BCUT2D eigenvalue weighted by molar-refractivity contribution is 9.10. The van der Waals surface area contributed by atoms with Crippen LogP contribution in [0.4, 0.5) is 11.6 Å². The van der Waals surface area contributed by atoms with Crippen LogP contribution in [-0.4, -0.2) is 29.6 Å². The molecule has 21 heavy (non-hydrogen) atoms. The van der Waals surface area contributed by atoms with Gasteiger partial charge in [-0.05, 0) is 53.4 Å². The molecule has 1 aliphatic carbocycles. The zero-order chi connectivity index (χ0) is 14.7. The number of piperidine rings is 1. The van der Waals surface area contributed by atoms with E-state index in [1.54, 1.807) is 6.33 Å². The zero-order valence-electron chi connectivity index (χ0n) is 12.9. The van der Waals surface area contributed by atoms with Crippen molar-refractivity contribution in [3.8, 4) is 0 Å².